The molecule has 2 aromatic carbocycles. The molecule has 0 radical (unpaired) electrons. The number of rotatable bonds is 5. The molecule has 0 aliphatic rings. The van der Waals surface area contributed by atoms with Gasteiger partial charge in [0.15, 0.2) is 29.0 Å². The topological polar surface area (TPSA) is 64.6 Å². The molecule has 0 fully saturated rings. The lowest BCUT2D eigenvalue weighted by molar-refractivity contribution is 0.354. The Morgan fingerprint density at radius 2 is 1.48 bits per heavy atom. The van der Waals surface area contributed by atoms with Crippen LogP contribution in [0.5, 0.6) is 11.5 Å². The number of ether oxygens (including phenoxy) is 2. The summed E-state index contributed by atoms with van der Waals surface area (Å²) in [4.78, 5) is -0.222. The van der Waals surface area contributed by atoms with Gasteiger partial charge in [0.2, 0.25) is 0 Å². The molecule has 0 aliphatic carbocycles. The molecule has 2 rings (SSSR count). The molecule has 0 aromatic heterocycles. The van der Waals surface area contributed by atoms with E-state index in [0.717, 1.165) is 0 Å². The fraction of sp³-hybridized carbons (Fsp3) is 0.143. The van der Waals surface area contributed by atoms with Gasteiger partial charge in [0, 0.05) is 18.2 Å². The van der Waals surface area contributed by atoms with Crippen LogP contribution in [-0.4, -0.2) is 22.6 Å². The van der Waals surface area contributed by atoms with E-state index in [0.29, 0.717) is 17.9 Å². The summed E-state index contributed by atoms with van der Waals surface area (Å²) in [6, 6.07) is 4.84. The third-order valence-corrected chi connectivity index (χ3v) is 4.28. The highest BCUT2D eigenvalue weighted by Gasteiger charge is 2.19. The molecule has 0 atom stereocenters. The number of benzene rings is 2. The Kier molecular flexibility index (Phi) is 4.69. The number of halogens is 3. The van der Waals surface area contributed by atoms with Crippen LogP contribution in [0.2, 0.25) is 0 Å². The van der Waals surface area contributed by atoms with Crippen LogP contribution in [0.15, 0.2) is 35.2 Å². The maximum Gasteiger partial charge on any atom is 0.262 e. The summed E-state index contributed by atoms with van der Waals surface area (Å²) < 4.78 is 75.6. The van der Waals surface area contributed by atoms with Crippen LogP contribution >= 0.6 is 0 Å². The predicted molar refractivity (Wildman–Crippen MR) is 76.7 cm³/mol. The van der Waals surface area contributed by atoms with Crippen LogP contribution in [0, 0.1) is 17.5 Å². The van der Waals surface area contributed by atoms with Gasteiger partial charge in [-0.1, -0.05) is 0 Å². The van der Waals surface area contributed by atoms with Crippen LogP contribution in [0.3, 0.4) is 0 Å². The monoisotopic (exact) mass is 347 g/mol. The first-order chi connectivity index (χ1) is 10.8. The highest BCUT2D eigenvalue weighted by atomic mass is 32.2. The Morgan fingerprint density at radius 1 is 0.913 bits per heavy atom. The molecule has 0 spiro atoms. The molecule has 9 heteroatoms. The molecule has 0 aliphatic heterocycles. The molecule has 23 heavy (non-hydrogen) atoms. The van der Waals surface area contributed by atoms with Gasteiger partial charge in [-0.15, -0.1) is 0 Å². The number of hydrogen-bond donors (Lipinski definition) is 1. The second-order valence-electron chi connectivity index (χ2n) is 4.38. The number of nitrogens with one attached hydrogen (secondary N) is 1. The van der Waals surface area contributed by atoms with Crippen molar-refractivity contribution in [1.82, 2.24) is 0 Å². The zero-order valence-electron chi connectivity index (χ0n) is 12.1. The van der Waals surface area contributed by atoms with Crippen molar-refractivity contribution in [2.45, 2.75) is 4.90 Å². The minimum absolute atomic E-state index is 0.159. The van der Waals surface area contributed by atoms with Crippen molar-refractivity contribution in [1.29, 1.82) is 0 Å². The molecule has 0 heterocycles. The molecular weight excluding hydrogens is 335 g/mol. The van der Waals surface area contributed by atoms with E-state index in [1.165, 1.54) is 32.4 Å². The van der Waals surface area contributed by atoms with Gasteiger partial charge in [0.05, 0.1) is 24.8 Å². The highest BCUT2D eigenvalue weighted by molar-refractivity contribution is 7.92. The summed E-state index contributed by atoms with van der Waals surface area (Å²) in [5.74, 6) is -4.22. The van der Waals surface area contributed by atoms with Crippen LogP contribution in [-0.2, 0) is 10.0 Å². The molecular formula is C14H12F3NO4S. The average Bonchev–Trinajstić information content (AvgIpc) is 2.51. The van der Waals surface area contributed by atoms with Gasteiger partial charge in [-0.2, -0.15) is 0 Å². The molecule has 0 bridgehead atoms. The van der Waals surface area contributed by atoms with Crippen molar-refractivity contribution < 1.29 is 31.1 Å². The van der Waals surface area contributed by atoms with E-state index in [-0.39, 0.29) is 10.6 Å². The van der Waals surface area contributed by atoms with E-state index in [1.54, 1.807) is 0 Å². The number of anilines is 1. The maximum atomic E-state index is 13.1. The Bertz CT molecular complexity index is 817. The van der Waals surface area contributed by atoms with Crippen molar-refractivity contribution >= 4 is 15.7 Å². The van der Waals surface area contributed by atoms with E-state index in [1.807, 2.05) is 4.72 Å². The summed E-state index contributed by atoms with van der Waals surface area (Å²) in [7, 11) is -1.45. The Balaban J connectivity index is 2.39. The molecule has 124 valence electrons. The van der Waals surface area contributed by atoms with E-state index < -0.39 is 33.2 Å². The van der Waals surface area contributed by atoms with E-state index in [2.05, 4.69) is 0 Å². The van der Waals surface area contributed by atoms with Crippen molar-refractivity contribution in [2.75, 3.05) is 18.9 Å². The summed E-state index contributed by atoms with van der Waals surface area (Å²) >= 11 is 0. The quantitative estimate of drug-likeness (QED) is 0.845. The van der Waals surface area contributed by atoms with Gasteiger partial charge < -0.3 is 9.47 Å². The first kappa shape index (κ1) is 16.9. The molecule has 2 aromatic rings. The number of hydrogen-bond acceptors (Lipinski definition) is 4. The fourth-order valence-electron chi connectivity index (χ4n) is 1.81. The summed E-state index contributed by atoms with van der Waals surface area (Å²) in [6.07, 6.45) is 0. The van der Waals surface area contributed by atoms with Gasteiger partial charge >= 0.3 is 0 Å². The molecule has 0 amide bonds. The van der Waals surface area contributed by atoms with Gasteiger partial charge in [-0.05, 0) is 12.1 Å². The van der Waals surface area contributed by atoms with Crippen LogP contribution < -0.4 is 14.2 Å². The standard InChI is InChI=1S/C14H12F3NO4S/c1-21-12-4-3-9(7-13(12)22-2)23(19,20)18-8-5-10(15)14(17)11(16)6-8/h3-7,18H,1-2H3. The van der Waals surface area contributed by atoms with E-state index >= 15 is 0 Å². The van der Waals surface area contributed by atoms with E-state index in [9.17, 15) is 21.6 Å². The van der Waals surface area contributed by atoms with Gasteiger partial charge in [-0.3, -0.25) is 4.72 Å². The zero-order valence-corrected chi connectivity index (χ0v) is 12.9. The lowest BCUT2D eigenvalue weighted by Crippen LogP contribution is -2.14. The first-order valence-electron chi connectivity index (χ1n) is 6.18. The second-order valence-corrected chi connectivity index (χ2v) is 6.06. The smallest absolute Gasteiger partial charge is 0.262 e. The van der Waals surface area contributed by atoms with Crippen molar-refractivity contribution in [2.24, 2.45) is 0 Å². The number of methoxy groups -OCH3 is 2. The lowest BCUT2D eigenvalue weighted by atomic mass is 10.3. The minimum Gasteiger partial charge on any atom is -0.493 e. The molecule has 0 unspecified atom stereocenters. The summed E-state index contributed by atoms with van der Waals surface area (Å²) in [5, 5.41) is 0. The van der Waals surface area contributed by atoms with Gasteiger partial charge in [-0.25, -0.2) is 21.6 Å². The van der Waals surface area contributed by atoms with Crippen molar-refractivity contribution in [3.63, 3.8) is 0 Å². The molecule has 5 nitrogen and oxygen atoms in total. The van der Waals surface area contributed by atoms with Crippen LogP contribution in [0.25, 0.3) is 0 Å². The Labute approximate surface area is 130 Å². The minimum atomic E-state index is -4.16. The SMILES string of the molecule is COc1ccc(S(=O)(=O)Nc2cc(F)c(F)c(F)c2)cc1OC. The normalized spacial score (nSPS) is 11.2. The number of sulfonamides is 1. The zero-order chi connectivity index (χ0) is 17.2. The van der Waals surface area contributed by atoms with Crippen LogP contribution in [0.1, 0.15) is 0 Å². The third kappa shape index (κ3) is 3.50. The van der Waals surface area contributed by atoms with Gasteiger partial charge in [0.1, 0.15) is 0 Å². The maximum absolute atomic E-state index is 13.1. The predicted octanol–water partition coefficient (Wildman–Crippen LogP) is 2.92. The second kappa shape index (κ2) is 6.37. The Hall–Kier alpha value is -2.42. The van der Waals surface area contributed by atoms with Crippen molar-refractivity contribution in [3.8, 4) is 11.5 Å². The van der Waals surface area contributed by atoms with Crippen LogP contribution in [0.4, 0.5) is 18.9 Å². The third-order valence-electron chi connectivity index (χ3n) is 2.90. The van der Waals surface area contributed by atoms with Gasteiger partial charge in [0.25, 0.3) is 10.0 Å². The highest BCUT2D eigenvalue weighted by Crippen LogP contribution is 2.30. The molecule has 0 saturated heterocycles. The fourth-order valence-corrected chi connectivity index (χ4v) is 2.87. The summed E-state index contributed by atoms with van der Waals surface area (Å²) in [5.41, 5.74) is -0.448. The molecule has 1 N–H and O–H groups in total. The lowest BCUT2D eigenvalue weighted by Gasteiger charge is -2.12. The largest absolute Gasteiger partial charge is 0.493 e. The molecule has 0 saturated carbocycles. The summed E-state index contributed by atoms with van der Waals surface area (Å²) in [6.45, 7) is 0. The first-order valence-corrected chi connectivity index (χ1v) is 7.66. The van der Waals surface area contributed by atoms with E-state index in [4.69, 9.17) is 9.47 Å². The van der Waals surface area contributed by atoms with Crippen molar-refractivity contribution in [3.05, 3.63) is 47.8 Å². The Morgan fingerprint density at radius 3 is 2.00 bits per heavy atom. The average molecular weight is 347 g/mol.